The van der Waals surface area contributed by atoms with Gasteiger partial charge in [0.05, 0.1) is 16.1 Å². The SMILES string of the molecule is Cc1ncsc1C(=O)c1ccc(C2CCC2)cc1. The predicted molar refractivity (Wildman–Crippen MR) is 73.3 cm³/mol. The Kier molecular flexibility index (Phi) is 3.00. The first-order valence-corrected chi connectivity index (χ1v) is 7.18. The summed E-state index contributed by atoms with van der Waals surface area (Å²) in [4.78, 5) is 17.1. The van der Waals surface area contributed by atoms with Crippen LogP contribution >= 0.6 is 11.3 Å². The highest BCUT2D eigenvalue weighted by molar-refractivity contribution is 7.12. The summed E-state index contributed by atoms with van der Waals surface area (Å²) in [5.74, 6) is 0.814. The number of carbonyl (C=O) groups excluding carboxylic acids is 1. The molecule has 0 unspecified atom stereocenters. The summed E-state index contributed by atoms with van der Waals surface area (Å²) >= 11 is 1.42. The van der Waals surface area contributed by atoms with E-state index < -0.39 is 0 Å². The van der Waals surface area contributed by atoms with E-state index in [1.807, 2.05) is 19.1 Å². The van der Waals surface area contributed by atoms with Crippen LogP contribution in [0.3, 0.4) is 0 Å². The lowest BCUT2D eigenvalue weighted by Crippen LogP contribution is -2.09. The largest absolute Gasteiger partial charge is 0.288 e. The molecule has 1 aromatic heterocycles. The fourth-order valence-corrected chi connectivity index (χ4v) is 3.06. The van der Waals surface area contributed by atoms with Crippen LogP contribution in [0.15, 0.2) is 29.8 Å². The third-order valence-corrected chi connectivity index (χ3v) is 4.63. The van der Waals surface area contributed by atoms with Gasteiger partial charge < -0.3 is 0 Å². The summed E-state index contributed by atoms with van der Waals surface area (Å²) in [6, 6.07) is 8.12. The van der Waals surface area contributed by atoms with E-state index in [-0.39, 0.29) is 5.78 Å². The van der Waals surface area contributed by atoms with Crippen LogP contribution in [0.1, 0.15) is 51.7 Å². The molecule has 1 heterocycles. The third-order valence-electron chi connectivity index (χ3n) is 3.70. The van der Waals surface area contributed by atoms with Crippen molar-refractivity contribution >= 4 is 17.1 Å². The Hall–Kier alpha value is -1.48. The molecule has 92 valence electrons. The molecule has 1 aliphatic rings. The number of aromatic nitrogens is 1. The lowest BCUT2D eigenvalue weighted by molar-refractivity contribution is 0.104. The van der Waals surface area contributed by atoms with Gasteiger partial charge in [0.2, 0.25) is 5.78 Å². The highest BCUT2D eigenvalue weighted by atomic mass is 32.1. The lowest BCUT2D eigenvalue weighted by atomic mass is 9.80. The number of carbonyl (C=O) groups is 1. The van der Waals surface area contributed by atoms with Gasteiger partial charge in [-0.05, 0) is 31.2 Å². The van der Waals surface area contributed by atoms with Crippen molar-refractivity contribution in [1.82, 2.24) is 4.98 Å². The lowest BCUT2D eigenvalue weighted by Gasteiger charge is -2.25. The van der Waals surface area contributed by atoms with E-state index in [1.54, 1.807) is 5.51 Å². The van der Waals surface area contributed by atoms with Gasteiger partial charge in [0.15, 0.2) is 0 Å². The Labute approximate surface area is 111 Å². The van der Waals surface area contributed by atoms with Crippen LogP contribution in [-0.4, -0.2) is 10.8 Å². The molecule has 0 saturated heterocycles. The molecular formula is C15H15NOS. The fraction of sp³-hybridized carbons (Fsp3) is 0.333. The number of hydrogen-bond acceptors (Lipinski definition) is 3. The van der Waals surface area contributed by atoms with Crippen molar-refractivity contribution in [1.29, 1.82) is 0 Å². The molecule has 0 bridgehead atoms. The maximum Gasteiger partial charge on any atom is 0.204 e. The second-order valence-electron chi connectivity index (χ2n) is 4.85. The van der Waals surface area contributed by atoms with Crippen LogP contribution in [-0.2, 0) is 0 Å². The third kappa shape index (κ3) is 1.99. The van der Waals surface area contributed by atoms with Gasteiger partial charge in [-0.1, -0.05) is 30.7 Å². The van der Waals surface area contributed by atoms with Crippen LogP contribution in [0.2, 0.25) is 0 Å². The molecule has 3 heteroatoms. The summed E-state index contributed by atoms with van der Waals surface area (Å²) in [5.41, 5.74) is 4.70. The van der Waals surface area contributed by atoms with Crippen molar-refractivity contribution in [2.45, 2.75) is 32.1 Å². The molecule has 0 aliphatic heterocycles. The number of ketones is 1. The molecular weight excluding hydrogens is 242 g/mol. The molecule has 0 atom stereocenters. The molecule has 1 saturated carbocycles. The zero-order chi connectivity index (χ0) is 12.5. The van der Waals surface area contributed by atoms with Gasteiger partial charge in [0.25, 0.3) is 0 Å². The van der Waals surface area contributed by atoms with Gasteiger partial charge in [-0.15, -0.1) is 11.3 Å². The number of nitrogens with zero attached hydrogens (tertiary/aromatic N) is 1. The standard InChI is InChI=1S/C15H15NOS/c1-10-15(18-9-16-10)14(17)13-7-5-12(6-8-13)11-3-2-4-11/h5-9,11H,2-4H2,1H3. The van der Waals surface area contributed by atoms with Crippen molar-refractivity contribution in [3.63, 3.8) is 0 Å². The van der Waals surface area contributed by atoms with E-state index in [4.69, 9.17) is 0 Å². The summed E-state index contributed by atoms with van der Waals surface area (Å²) in [6.07, 6.45) is 3.92. The zero-order valence-corrected chi connectivity index (χ0v) is 11.2. The average molecular weight is 257 g/mol. The summed E-state index contributed by atoms with van der Waals surface area (Å²) in [7, 11) is 0. The Balaban J connectivity index is 1.84. The van der Waals surface area contributed by atoms with Crippen molar-refractivity contribution < 1.29 is 4.79 Å². The van der Waals surface area contributed by atoms with Gasteiger partial charge >= 0.3 is 0 Å². The number of rotatable bonds is 3. The highest BCUT2D eigenvalue weighted by Crippen LogP contribution is 2.36. The van der Waals surface area contributed by atoms with E-state index in [2.05, 4.69) is 17.1 Å². The van der Waals surface area contributed by atoms with Crippen molar-refractivity contribution in [3.05, 3.63) is 51.5 Å². The van der Waals surface area contributed by atoms with Crippen LogP contribution in [0.4, 0.5) is 0 Å². The van der Waals surface area contributed by atoms with Crippen LogP contribution < -0.4 is 0 Å². The smallest absolute Gasteiger partial charge is 0.204 e. The summed E-state index contributed by atoms with van der Waals surface area (Å²) in [5, 5.41) is 0. The van der Waals surface area contributed by atoms with Gasteiger partial charge in [-0.3, -0.25) is 4.79 Å². The minimum Gasteiger partial charge on any atom is -0.288 e. The van der Waals surface area contributed by atoms with Crippen LogP contribution in [0.25, 0.3) is 0 Å². The van der Waals surface area contributed by atoms with Crippen molar-refractivity contribution in [2.75, 3.05) is 0 Å². The monoisotopic (exact) mass is 257 g/mol. The van der Waals surface area contributed by atoms with Gasteiger partial charge in [-0.2, -0.15) is 0 Å². The molecule has 1 fully saturated rings. The molecule has 1 aliphatic carbocycles. The first kappa shape index (κ1) is 11.6. The Morgan fingerprint density at radius 3 is 2.50 bits per heavy atom. The fourth-order valence-electron chi connectivity index (χ4n) is 2.30. The Morgan fingerprint density at radius 2 is 2.00 bits per heavy atom. The van der Waals surface area contributed by atoms with E-state index in [0.717, 1.165) is 22.1 Å². The second-order valence-corrected chi connectivity index (χ2v) is 5.70. The first-order chi connectivity index (χ1) is 8.75. The van der Waals surface area contributed by atoms with Crippen LogP contribution in [0.5, 0.6) is 0 Å². The maximum absolute atomic E-state index is 12.3. The van der Waals surface area contributed by atoms with Gasteiger partial charge in [-0.25, -0.2) is 4.98 Å². The molecule has 0 radical (unpaired) electrons. The molecule has 0 N–H and O–H groups in total. The average Bonchev–Trinajstić information content (AvgIpc) is 2.73. The molecule has 2 nitrogen and oxygen atoms in total. The topological polar surface area (TPSA) is 30.0 Å². The van der Waals surface area contributed by atoms with Crippen molar-refractivity contribution in [2.24, 2.45) is 0 Å². The summed E-state index contributed by atoms with van der Waals surface area (Å²) < 4.78 is 0. The Morgan fingerprint density at radius 1 is 1.28 bits per heavy atom. The van der Waals surface area contributed by atoms with Crippen molar-refractivity contribution in [3.8, 4) is 0 Å². The molecule has 3 rings (SSSR count). The molecule has 0 amide bonds. The normalized spacial score (nSPS) is 15.4. The van der Waals surface area contributed by atoms with E-state index in [1.165, 1.54) is 36.2 Å². The van der Waals surface area contributed by atoms with Gasteiger partial charge in [0, 0.05) is 5.56 Å². The first-order valence-electron chi connectivity index (χ1n) is 6.30. The number of benzene rings is 1. The number of thiazole rings is 1. The quantitative estimate of drug-likeness (QED) is 0.779. The zero-order valence-electron chi connectivity index (χ0n) is 10.3. The van der Waals surface area contributed by atoms with E-state index in [0.29, 0.717) is 0 Å². The molecule has 18 heavy (non-hydrogen) atoms. The number of hydrogen-bond donors (Lipinski definition) is 0. The summed E-state index contributed by atoms with van der Waals surface area (Å²) in [6.45, 7) is 1.88. The van der Waals surface area contributed by atoms with E-state index in [9.17, 15) is 4.79 Å². The predicted octanol–water partition coefficient (Wildman–Crippen LogP) is 3.95. The molecule has 0 spiro atoms. The van der Waals surface area contributed by atoms with Crippen LogP contribution in [0, 0.1) is 6.92 Å². The highest BCUT2D eigenvalue weighted by Gasteiger charge is 2.20. The number of aryl methyl sites for hydroxylation is 1. The second kappa shape index (κ2) is 4.65. The van der Waals surface area contributed by atoms with E-state index >= 15 is 0 Å². The molecule has 2 aromatic rings. The van der Waals surface area contributed by atoms with Gasteiger partial charge in [0.1, 0.15) is 0 Å². The Bertz CT molecular complexity index is 566. The maximum atomic E-state index is 12.3. The molecule has 1 aromatic carbocycles. The minimum atomic E-state index is 0.0927. The minimum absolute atomic E-state index is 0.0927.